The first kappa shape index (κ1) is 13.7. The highest BCUT2D eigenvalue weighted by Crippen LogP contribution is 2.41. The largest absolute Gasteiger partial charge is 0.416 e. The third-order valence-electron chi connectivity index (χ3n) is 3.08. The Balaban J connectivity index is 2.50. The van der Waals surface area contributed by atoms with Crippen LogP contribution in [0.2, 0.25) is 0 Å². The van der Waals surface area contributed by atoms with Gasteiger partial charge in [0.05, 0.1) is 11.6 Å². The fourth-order valence-electron chi connectivity index (χ4n) is 2.14. The van der Waals surface area contributed by atoms with Crippen molar-refractivity contribution in [1.82, 2.24) is 5.32 Å². The molecular weight excluding hydrogens is 257 g/mol. The Kier molecular flexibility index (Phi) is 2.99. The highest BCUT2D eigenvalue weighted by atomic mass is 19.4. The van der Waals surface area contributed by atoms with E-state index < -0.39 is 17.8 Å². The maximum Gasteiger partial charge on any atom is 0.416 e. The lowest BCUT2D eigenvalue weighted by molar-refractivity contribution is -0.137. The van der Waals surface area contributed by atoms with Crippen LogP contribution in [-0.2, 0) is 6.18 Å². The van der Waals surface area contributed by atoms with Gasteiger partial charge >= 0.3 is 12.2 Å². The number of anilines is 1. The van der Waals surface area contributed by atoms with E-state index in [-0.39, 0.29) is 17.1 Å². The summed E-state index contributed by atoms with van der Waals surface area (Å²) in [4.78, 5) is 11.5. The monoisotopic (exact) mass is 272 g/mol. The van der Waals surface area contributed by atoms with E-state index in [1.165, 1.54) is 6.07 Å². The highest BCUT2D eigenvalue weighted by Gasteiger charge is 2.36. The van der Waals surface area contributed by atoms with Crippen molar-refractivity contribution in [3.8, 4) is 0 Å². The van der Waals surface area contributed by atoms with Gasteiger partial charge in [-0.05, 0) is 23.1 Å². The van der Waals surface area contributed by atoms with Crippen LogP contribution < -0.4 is 10.6 Å². The molecular formula is C13H15F3N2O. The Labute approximate surface area is 109 Å². The van der Waals surface area contributed by atoms with Crippen LogP contribution >= 0.6 is 0 Å². The first-order chi connectivity index (χ1) is 8.59. The molecule has 1 aliphatic heterocycles. The van der Waals surface area contributed by atoms with E-state index in [9.17, 15) is 18.0 Å². The number of hydrogen-bond acceptors (Lipinski definition) is 1. The van der Waals surface area contributed by atoms with Crippen molar-refractivity contribution in [2.45, 2.75) is 33.0 Å². The number of alkyl halides is 3. The molecule has 104 valence electrons. The zero-order valence-corrected chi connectivity index (χ0v) is 10.9. The summed E-state index contributed by atoms with van der Waals surface area (Å²) in [6, 6.07) is 2.63. The molecule has 0 saturated heterocycles. The van der Waals surface area contributed by atoms with Crippen molar-refractivity contribution in [3.63, 3.8) is 0 Å². The quantitative estimate of drug-likeness (QED) is 0.738. The summed E-state index contributed by atoms with van der Waals surface area (Å²) in [6.45, 7) is 5.76. The number of benzene rings is 1. The van der Waals surface area contributed by atoms with Crippen LogP contribution in [0.4, 0.5) is 23.7 Å². The van der Waals surface area contributed by atoms with Gasteiger partial charge in [-0.2, -0.15) is 13.2 Å². The maximum absolute atomic E-state index is 12.7. The molecule has 3 nitrogen and oxygen atoms in total. The van der Waals surface area contributed by atoms with E-state index in [1.807, 2.05) is 20.8 Å². The number of urea groups is 1. The maximum atomic E-state index is 12.7. The van der Waals surface area contributed by atoms with Gasteiger partial charge < -0.3 is 10.6 Å². The van der Waals surface area contributed by atoms with Crippen molar-refractivity contribution in [2.75, 3.05) is 5.32 Å². The summed E-state index contributed by atoms with van der Waals surface area (Å²) in [5.74, 6) is 0. The number of rotatable bonds is 0. The van der Waals surface area contributed by atoms with Gasteiger partial charge in [-0.1, -0.05) is 26.8 Å². The van der Waals surface area contributed by atoms with Gasteiger partial charge in [0, 0.05) is 5.69 Å². The first-order valence-electron chi connectivity index (χ1n) is 5.88. The van der Waals surface area contributed by atoms with Crippen LogP contribution in [0.15, 0.2) is 18.2 Å². The number of amides is 2. The molecule has 0 aliphatic carbocycles. The van der Waals surface area contributed by atoms with E-state index in [0.717, 1.165) is 12.1 Å². The number of hydrogen-bond donors (Lipinski definition) is 2. The molecule has 1 aromatic carbocycles. The number of carbonyl (C=O) groups excluding carboxylic acids is 1. The Morgan fingerprint density at radius 3 is 2.32 bits per heavy atom. The zero-order valence-electron chi connectivity index (χ0n) is 10.9. The lowest BCUT2D eigenvalue weighted by atomic mass is 9.80. The van der Waals surface area contributed by atoms with Crippen molar-refractivity contribution in [3.05, 3.63) is 29.3 Å². The molecule has 1 aromatic rings. The zero-order chi connectivity index (χ0) is 14.4. The molecule has 1 aliphatic rings. The molecule has 2 rings (SSSR count). The van der Waals surface area contributed by atoms with Crippen molar-refractivity contribution in [1.29, 1.82) is 0 Å². The molecule has 1 heterocycles. The summed E-state index contributed by atoms with van der Waals surface area (Å²) < 4.78 is 38.0. The minimum atomic E-state index is -4.41. The predicted octanol–water partition coefficient (Wildman–Crippen LogP) is 3.93. The standard InChI is InChI=1S/C13H15F3N2O/c1-12(2,3)10-8-5-4-7(13(14,15)16)6-9(8)17-11(19)18-10/h4-6,10H,1-3H3,(H2,17,18,19). The first-order valence-corrected chi connectivity index (χ1v) is 5.88. The van der Waals surface area contributed by atoms with Gasteiger partial charge in [-0.25, -0.2) is 4.79 Å². The van der Waals surface area contributed by atoms with Crippen LogP contribution in [0.25, 0.3) is 0 Å². The normalized spacial score (nSPS) is 19.5. The Morgan fingerprint density at radius 2 is 1.79 bits per heavy atom. The van der Waals surface area contributed by atoms with E-state index in [1.54, 1.807) is 0 Å². The number of fused-ring (bicyclic) bond motifs is 1. The van der Waals surface area contributed by atoms with E-state index in [0.29, 0.717) is 5.56 Å². The molecule has 2 N–H and O–H groups in total. The minimum Gasteiger partial charge on any atom is -0.330 e. The Morgan fingerprint density at radius 1 is 1.16 bits per heavy atom. The van der Waals surface area contributed by atoms with Crippen LogP contribution in [0.3, 0.4) is 0 Å². The van der Waals surface area contributed by atoms with Gasteiger partial charge in [0.1, 0.15) is 0 Å². The second-order valence-electron chi connectivity index (χ2n) is 5.70. The molecule has 2 amide bonds. The Bertz CT molecular complexity index is 518. The molecule has 1 atom stereocenters. The van der Waals surface area contributed by atoms with Crippen LogP contribution in [0.5, 0.6) is 0 Å². The van der Waals surface area contributed by atoms with Gasteiger partial charge in [0.15, 0.2) is 0 Å². The third-order valence-corrected chi connectivity index (χ3v) is 3.08. The molecule has 0 aromatic heterocycles. The number of nitrogens with one attached hydrogen (secondary N) is 2. The minimum absolute atomic E-state index is 0.221. The van der Waals surface area contributed by atoms with Gasteiger partial charge in [-0.3, -0.25) is 0 Å². The van der Waals surface area contributed by atoms with Gasteiger partial charge in [0.2, 0.25) is 0 Å². The van der Waals surface area contributed by atoms with E-state index in [2.05, 4.69) is 10.6 Å². The SMILES string of the molecule is CC(C)(C)C1NC(=O)Nc2cc(C(F)(F)F)ccc21. The fraction of sp³-hybridized carbons (Fsp3) is 0.462. The lowest BCUT2D eigenvalue weighted by Gasteiger charge is -2.36. The molecule has 0 bridgehead atoms. The highest BCUT2D eigenvalue weighted by molar-refractivity contribution is 5.93. The Hall–Kier alpha value is -1.72. The summed E-state index contributed by atoms with van der Waals surface area (Å²) in [5, 5.41) is 5.16. The summed E-state index contributed by atoms with van der Waals surface area (Å²) >= 11 is 0. The van der Waals surface area contributed by atoms with Crippen LogP contribution in [-0.4, -0.2) is 6.03 Å². The summed E-state index contributed by atoms with van der Waals surface area (Å²) in [6.07, 6.45) is -4.41. The van der Waals surface area contributed by atoms with Gasteiger partial charge in [-0.15, -0.1) is 0 Å². The topological polar surface area (TPSA) is 41.1 Å². The summed E-state index contributed by atoms with van der Waals surface area (Å²) in [5.41, 5.74) is -0.161. The second kappa shape index (κ2) is 4.15. The molecule has 1 unspecified atom stereocenters. The molecule has 19 heavy (non-hydrogen) atoms. The van der Waals surface area contributed by atoms with Crippen molar-refractivity contribution in [2.24, 2.45) is 5.41 Å². The lowest BCUT2D eigenvalue weighted by Crippen LogP contribution is -2.43. The molecule has 6 heteroatoms. The van der Waals surface area contributed by atoms with Gasteiger partial charge in [0.25, 0.3) is 0 Å². The average Bonchev–Trinajstić information content (AvgIpc) is 2.24. The number of halogens is 3. The summed E-state index contributed by atoms with van der Waals surface area (Å²) in [7, 11) is 0. The van der Waals surface area contributed by atoms with E-state index in [4.69, 9.17) is 0 Å². The van der Waals surface area contributed by atoms with Crippen LogP contribution in [0, 0.1) is 5.41 Å². The van der Waals surface area contributed by atoms with Crippen molar-refractivity contribution >= 4 is 11.7 Å². The third kappa shape index (κ3) is 2.67. The molecule has 0 saturated carbocycles. The van der Waals surface area contributed by atoms with E-state index >= 15 is 0 Å². The van der Waals surface area contributed by atoms with Crippen LogP contribution in [0.1, 0.15) is 37.9 Å². The molecule has 0 spiro atoms. The molecule has 0 radical (unpaired) electrons. The fourth-order valence-corrected chi connectivity index (χ4v) is 2.14. The number of carbonyl (C=O) groups is 1. The molecule has 0 fully saturated rings. The second-order valence-corrected chi connectivity index (χ2v) is 5.70. The average molecular weight is 272 g/mol. The smallest absolute Gasteiger partial charge is 0.330 e. The predicted molar refractivity (Wildman–Crippen MR) is 65.8 cm³/mol. The van der Waals surface area contributed by atoms with Crippen molar-refractivity contribution < 1.29 is 18.0 Å².